The van der Waals surface area contributed by atoms with Crippen molar-refractivity contribution in [3.8, 4) is 0 Å². The zero-order valence-corrected chi connectivity index (χ0v) is 13.2. The molecule has 1 saturated heterocycles. The number of amides is 1. The maximum absolute atomic E-state index is 12.3. The van der Waals surface area contributed by atoms with Gasteiger partial charge in [-0.3, -0.25) is 4.79 Å². The third-order valence-corrected chi connectivity index (χ3v) is 4.62. The number of hydrogen-bond donors (Lipinski definition) is 0. The van der Waals surface area contributed by atoms with Gasteiger partial charge in [0, 0.05) is 25.5 Å². The van der Waals surface area contributed by atoms with Crippen LogP contribution in [-0.2, 0) is 17.8 Å². The summed E-state index contributed by atoms with van der Waals surface area (Å²) in [4.78, 5) is 18.2. The molecule has 0 unspecified atom stereocenters. The number of likely N-dealkylation sites (tertiary alicyclic amines) is 1. The van der Waals surface area contributed by atoms with E-state index in [4.69, 9.17) is 11.6 Å². The molecule has 22 heavy (non-hydrogen) atoms. The minimum Gasteiger partial charge on any atom is -0.341 e. The molecule has 2 heterocycles. The van der Waals surface area contributed by atoms with Crippen LogP contribution in [0, 0.1) is 5.92 Å². The van der Waals surface area contributed by atoms with E-state index < -0.39 is 0 Å². The largest absolute Gasteiger partial charge is 0.341 e. The first-order valence-electron chi connectivity index (χ1n) is 7.70. The van der Waals surface area contributed by atoms with Crippen molar-refractivity contribution in [1.29, 1.82) is 0 Å². The fraction of sp³-hybridized carbons (Fsp3) is 0.412. The molecule has 1 aliphatic heterocycles. The van der Waals surface area contributed by atoms with Gasteiger partial charge < -0.3 is 9.47 Å². The summed E-state index contributed by atoms with van der Waals surface area (Å²) >= 11 is 5.92. The van der Waals surface area contributed by atoms with Crippen LogP contribution in [0.2, 0.25) is 5.28 Å². The van der Waals surface area contributed by atoms with Crippen molar-refractivity contribution in [2.45, 2.75) is 25.8 Å². The fourth-order valence-corrected chi connectivity index (χ4v) is 3.18. The molecule has 0 aliphatic carbocycles. The third-order valence-electron chi connectivity index (χ3n) is 4.30. The molecule has 1 amide bonds. The Morgan fingerprint density at radius 2 is 1.95 bits per heavy atom. The highest BCUT2D eigenvalue weighted by molar-refractivity contribution is 6.28. The molecule has 1 aliphatic rings. The second-order valence-corrected chi connectivity index (χ2v) is 6.18. The molecule has 2 aromatic rings. The van der Waals surface area contributed by atoms with Crippen LogP contribution < -0.4 is 0 Å². The average Bonchev–Trinajstić information content (AvgIpc) is 2.94. The first kappa shape index (κ1) is 15.1. The number of halogens is 1. The summed E-state index contributed by atoms with van der Waals surface area (Å²) in [6.45, 7) is 1.95. The van der Waals surface area contributed by atoms with Gasteiger partial charge in [-0.05, 0) is 42.3 Å². The van der Waals surface area contributed by atoms with E-state index in [9.17, 15) is 4.79 Å². The van der Waals surface area contributed by atoms with Gasteiger partial charge in [0.2, 0.25) is 11.2 Å². The second-order valence-electron chi connectivity index (χ2n) is 5.84. The molecule has 0 saturated carbocycles. The summed E-state index contributed by atoms with van der Waals surface area (Å²) in [5, 5.41) is 0.368. The smallest absolute Gasteiger partial charge is 0.242 e. The Labute approximate surface area is 135 Å². The second kappa shape index (κ2) is 6.97. The molecule has 0 radical (unpaired) electrons. The zero-order valence-electron chi connectivity index (χ0n) is 12.5. The van der Waals surface area contributed by atoms with E-state index in [0.29, 0.717) is 11.2 Å². The Hall–Kier alpha value is -1.81. The highest BCUT2D eigenvalue weighted by Gasteiger charge is 2.23. The van der Waals surface area contributed by atoms with Crippen LogP contribution >= 0.6 is 11.6 Å². The molecule has 1 aromatic heterocycles. The number of benzene rings is 1. The molecule has 116 valence electrons. The number of rotatable bonds is 4. The van der Waals surface area contributed by atoms with Gasteiger partial charge in [-0.15, -0.1) is 0 Å². The van der Waals surface area contributed by atoms with Crippen molar-refractivity contribution in [3.05, 3.63) is 53.6 Å². The molecular formula is C17H20ClN3O. The summed E-state index contributed by atoms with van der Waals surface area (Å²) in [6.07, 6.45) is 6.59. The highest BCUT2D eigenvalue weighted by Crippen LogP contribution is 2.22. The van der Waals surface area contributed by atoms with Gasteiger partial charge in [-0.2, -0.15) is 0 Å². The van der Waals surface area contributed by atoms with Crippen LogP contribution in [0.1, 0.15) is 18.4 Å². The lowest BCUT2D eigenvalue weighted by Gasteiger charge is -2.32. The van der Waals surface area contributed by atoms with Gasteiger partial charge in [-0.25, -0.2) is 4.98 Å². The SMILES string of the molecule is O=C(Cn1ccnc1Cl)N1CCC(Cc2ccccc2)CC1. The molecule has 5 heteroatoms. The minimum absolute atomic E-state index is 0.123. The number of hydrogen-bond acceptors (Lipinski definition) is 2. The standard InChI is InChI=1S/C17H20ClN3O/c18-17-19-8-11-21(17)13-16(22)20-9-6-15(7-10-20)12-14-4-2-1-3-5-14/h1-5,8,11,15H,6-7,9-10,12-13H2. The Bertz CT molecular complexity index is 618. The van der Waals surface area contributed by atoms with Crippen LogP contribution in [0.4, 0.5) is 0 Å². The van der Waals surface area contributed by atoms with E-state index >= 15 is 0 Å². The number of nitrogens with zero attached hydrogens (tertiary/aromatic N) is 3. The summed E-state index contributed by atoms with van der Waals surface area (Å²) in [7, 11) is 0. The van der Waals surface area contributed by atoms with E-state index in [1.807, 2.05) is 11.0 Å². The maximum atomic E-state index is 12.3. The molecule has 0 N–H and O–H groups in total. The van der Waals surface area contributed by atoms with E-state index in [1.165, 1.54) is 5.56 Å². The van der Waals surface area contributed by atoms with Crippen LogP contribution in [0.5, 0.6) is 0 Å². The first-order valence-corrected chi connectivity index (χ1v) is 8.08. The van der Waals surface area contributed by atoms with Gasteiger partial charge in [-0.1, -0.05) is 30.3 Å². The Kier molecular flexibility index (Phi) is 4.78. The quantitative estimate of drug-likeness (QED) is 0.869. The summed E-state index contributed by atoms with van der Waals surface area (Å²) < 4.78 is 1.68. The van der Waals surface area contributed by atoms with Crippen molar-refractivity contribution in [1.82, 2.24) is 14.5 Å². The molecule has 3 rings (SSSR count). The van der Waals surface area contributed by atoms with E-state index in [-0.39, 0.29) is 12.5 Å². The molecule has 1 aromatic carbocycles. The molecule has 1 fully saturated rings. The van der Waals surface area contributed by atoms with Gasteiger partial charge in [0.25, 0.3) is 0 Å². The first-order chi connectivity index (χ1) is 10.7. The predicted octanol–water partition coefficient (Wildman–Crippen LogP) is 3.02. The predicted molar refractivity (Wildman–Crippen MR) is 86.7 cm³/mol. The van der Waals surface area contributed by atoms with E-state index in [0.717, 1.165) is 32.4 Å². The van der Waals surface area contributed by atoms with Gasteiger partial charge >= 0.3 is 0 Å². The summed E-state index contributed by atoms with van der Waals surface area (Å²) in [6, 6.07) is 10.6. The van der Waals surface area contributed by atoms with E-state index in [1.54, 1.807) is 17.0 Å². The van der Waals surface area contributed by atoms with E-state index in [2.05, 4.69) is 29.2 Å². The summed E-state index contributed by atoms with van der Waals surface area (Å²) in [5.41, 5.74) is 1.39. The lowest BCUT2D eigenvalue weighted by Crippen LogP contribution is -2.40. The number of carbonyl (C=O) groups is 1. The van der Waals surface area contributed by atoms with Crippen molar-refractivity contribution in [2.24, 2.45) is 5.92 Å². The number of piperidine rings is 1. The maximum Gasteiger partial charge on any atom is 0.242 e. The molecular weight excluding hydrogens is 298 g/mol. The summed E-state index contributed by atoms with van der Waals surface area (Å²) in [5.74, 6) is 0.793. The number of imidazole rings is 1. The van der Waals surface area contributed by atoms with Crippen molar-refractivity contribution in [2.75, 3.05) is 13.1 Å². The normalized spacial score (nSPS) is 16.0. The van der Waals surface area contributed by atoms with Crippen LogP contribution in [-0.4, -0.2) is 33.4 Å². The fourth-order valence-electron chi connectivity index (χ4n) is 3.01. The molecule has 0 bridgehead atoms. The van der Waals surface area contributed by atoms with Gasteiger partial charge in [0.05, 0.1) is 0 Å². The molecule has 0 spiro atoms. The van der Waals surface area contributed by atoms with Crippen LogP contribution in [0.15, 0.2) is 42.7 Å². The number of carbonyl (C=O) groups excluding carboxylic acids is 1. The Morgan fingerprint density at radius 1 is 1.23 bits per heavy atom. The molecule has 4 nitrogen and oxygen atoms in total. The lowest BCUT2D eigenvalue weighted by molar-refractivity contribution is -0.133. The monoisotopic (exact) mass is 317 g/mol. The average molecular weight is 318 g/mol. The van der Waals surface area contributed by atoms with Crippen molar-refractivity contribution >= 4 is 17.5 Å². The van der Waals surface area contributed by atoms with Crippen LogP contribution in [0.3, 0.4) is 0 Å². The van der Waals surface area contributed by atoms with Crippen LogP contribution in [0.25, 0.3) is 0 Å². The topological polar surface area (TPSA) is 38.1 Å². The Balaban J connectivity index is 1.49. The van der Waals surface area contributed by atoms with Gasteiger partial charge in [0.1, 0.15) is 6.54 Å². The lowest BCUT2D eigenvalue weighted by atomic mass is 9.90. The highest BCUT2D eigenvalue weighted by atomic mass is 35.5. The van der Waals surface area contributed by atoms with Crippen molar-refractivity contribution in [3.63, 3.8) is 0 Å². The molecule has 0 atom stereocenters. The van der Waals surface area contributed by atoms with Gasteiger partial charge in [0.15, 0.2) is 0 Å². The number of aromatic nitrogens is 2. The van der Waals surface area contributed by atoms with Crippen molar-refractivity contribution < 1.29 is 4.79 Å². The zero-order chi connectivity index (χ0) is 15.4. The Morgan fingerprint density at radius 3 is 2.59 bits per heavy atom. The third kappa shape index (κ3) is 3.69. The minimum atomic E-state index is 0.123.